The first-order valence-electron chi connectivity index (χ1n) is 6.21. The molecule has 0 aliphatic carbocycles. The van der Waals surface area contributed by atoms with Crippen LogP contribution in [0, 0.1) is 6.92 Å². The van der Waals surface area contributed by atoms with Crippen LogP contribution < -0.4 is 11.3 Å². The van der Waals surface area contributed by atoms with Crippen molar-refractivity contribution in [1.29, 1.82) is 0 Å². The van der Waals surface area contributed by atoms with Crippen LogP contribution in [-0.2, 0) is 0 Å². The second-order valence-corrected chi connectivity index (χ2v) is 6.36. The average Bonchev–Trinajstić information content (AvgIpc) is 2.45. The molecule has 20 heavy (non-hydrogen) atoms. The Bertz CT molecular complexity index is 573. The van der Waals surface area contributed by atoms with Gasteiger partial charge in [-0.1, -0.05) is 53.0 Å². The Hall–Kier alpha value is -0.710. The minimum absolute atomic E-state index is 0.0486. The first-order chi connectivity index (χ1) is 9.61. The normalized spacial score (nSPS) is 12.4. The molecule has 2 nitrogen and oxygen atoms in total. The monoisotopic (exact) mass is 326 g/mol. The third kappa shape index (κ3) is 3.90. The second kappa shape index (κ2) is 7.34. The lowest BCUT2D eigenvalue weighted by atomic mass is 10.1. The summed E-state index contributed by atoms with van der Waals surface area (Å²) in [5.41, 5.74) is 4.97. The molecular weight excluding hydrogens is 311 g/mol. The van der Waals surface area contributed by atoms with Gasteiger partial charge in [0.1, 0.15) is 0 Å². The van der Waals surface area contributed by atoms with Gasteiger partial charge < -0.3 is 0 Å². The zero-order valence-electron chi connectivity index (χ0n) is 11.1. The zero-order valence-corrected chi connectivity index (χ0v) is 13.4. The smallest absolute Gasteiger partial charge is 0.0640 e. The summed E-state index contributed by atoms with van der Waals surface area (Å²) < 4.78 is 0. The topological polar surface area (TPSA) is 38.0 Å². The van der Waals surface area contributed by atoms with Gasteiger partial charge in [-0.05, 0) is 30.7 Å². The summed E-state index contributed by atoms with van der Waals surface area (Å²) in [4.78, 5) is 1.20. The molecule has 2 aromatic rings. The predicted octanol–water partition coefficient (Wildman–Crippen LogP) is 4.60. The molecule has 0 bridgehead atoms. The highest BCUT2D eigenvalue weighted by Crippen LogP contribution is 2.32. The Morgan fingerprint density at radius 1 is 1.15 bits per heavy atom. The molecule has 5 heteroatoms. The molecule has 2 rings (SSSR count). The van der Waals surface area contributed by atoms with Gasteiger partial charge in [-0.15, -0.1) is 11.8 Å². The molecule has 0 amide bonds. The number of nitrogens with one attached hydrogen (secondary N) is 1. The third-order valence-electron chi connectivity index (χ3n) is 3.00. The highest BCUT2D eigenvalue weighted by atomic mass is 35.5. The van der Waals surface area contributed by atoms with Crippen LogP contribution in [0.4, 0.5) is 0 Å². The molecule has 0 spiro atoms. The Morgan fingerprint density at radius 2 is 1.85 bits per heavy atom. The van der Waals surface area contributed by atoms with E-state index in [1.165, 1.54) is 10.5 Å². The van der Waals surface area contributed by atoms with E-state index in [4.69, 9.17) is 29.0 Å². The van der Waals surface area contributed by atoms with Crippen molar-refractivity contribution in [2.45, 2.75) is 17.9 Å². The first kappa shape index (κ1) is 15.7. The van der Waals surface area contributed by atoms with Crippen LogP contribution in [-0.4, -0.2) is 5.75 Å². The lowest BCUT2D eigenvalue weighted by molar-refractivity contribution is 0.611. The molecule has 0 saturated heterocycles. The number of benzene rings is 2. The minimum Gasteiger partial charge on any atom is -0.271 e. The summed E-state index contributed by atoms with van der Waals surface area (Å²) in [7, 11) is 0. The molecule has 0 radical (unpaired) electrons. The van der Waals surface area contributed by atoms with E-state index in [1.807, 2.05) is 12.1 Å². The fraction of sp³-hybridized carbons (Fsp3) is 0.200. The fourth-order valence-electron chi connectivity index (χ4n) is 1.83. The summed E-state index contributed by atoms with van der Waals surface area (Å²) in [6, 6.07) is 13.9. The van der Waals surface area contributed by atoms with Gasteiger partial charge >= 0.3 is 0 Å². The van der Waals surface area contributed by atoms with Crippen molar-refractivity contribution in [1.82, 2.24) is 5.43 Å². The highest BCUT2D eigenvalue weighted by Gasteiger charge is 2.15. The van der Waals surface area contributed by atoms with Gasteiger partial charge in [-0.2, -0.15) is 0 Å². The first-order valence-corrected chi connectivity index (χ1v) is 7.95. The largest absolute Gasteiger partial charge is 0.271 e. The van der Waals surface area contributed by atoms with Gasteiger partial charge in [0, 0.05) is 10.6 Å². The van der Waals surface area contributed by atoms with E-state index in [9.17, 15) is 0 Å². The lowest BCUT2D eigenvalue weighted by Crippen LogP contribution is -2.29. The number of halogens is 2. The average molecular weight is 327 g/mol. The van der Waals surface area contributed by atoms with Gasteiger partial charge in [0.15, 0.2) is 0 Å². The Labute approximate surface area is 133 Å². The molecule has 0 aliphatic heterocycles. The van der Waals surface area contributed by atoms with Crippen molar-refractivity contribution in [3.05, 3.63) is 63.6 Å². The Balaban J connectivity index is 2.09. The van der Waals surface area contributed by atoms with E-state index in [0.717, 1.165) is 11.3 Å². The van der Waals surface area contributed by atoms with E-state index in [-0.39, 0.29) is 6.04 Å². The maximum atomic E-state index is 6.23. The molecule has 2 aromatic carbocycles. The summed E-state index contributed by atoms with van der Waals surface area (Å²) in [6.45, 7) is 2.07. The van der Waals surface area contributed by atoms with Crippen molar-refractivity contribution >= 4 is 35.0 Å². The Morgan fingerprint density at radius 3 is 2.50 bits per heavy atom. The fourth-order valence-corrected chi connectivity index (χ4v) is 3.23. The minimum atomic E-state index is -0.0486. The number of thioether (sulfide) groups is 1. The van der Waals surface area contributed by atoms with Crippen molar-refractivity contribution in [2.24, 2.45) is 5.84 Å². The molecule has 0 fully saturated rings. The van der Waals surface area contributed by atoms with E-state index in [2.05, 4.69) is 36.6 Å². The van der Waals surface area contributed by atoms with Crippen LogP contribution in [0.3, 0.4) is 0 Å². The van der Waals surface area contributed by atoms with E-state index in [1.54, 1.807) is 17.8 Å². The van der Waals surface area contributed by atoms with E-state index < -0.39 is 0 Å². The number of aryl methyl sites for hydroxylation is 1. The molecule has 1 unspecified atom stereocenters. The van der Waals surface area contributed by atoms with E-state index >= 15 is 0 Å². The summed E-state index contributed by atoms with van der Waals surface area (Å²) in [5, 5.41) is 1.10. The van der Waals surface area contributed by atoms with Gasteiger partial charge in [0.05, 0.1) is 16.1 Å². The third-order valence-corrected chi connectivity index (χ3v) is 4.93. The van der Waals surface area contributed by atoms with Crippen LogP contribution in [0.5, 0.6) is 0 Å². The summed E-state index contributed by atoms with van der Waals surface area (Å²) in [5.74, 6) is 6.42. The van der Waals surface area contributed by atoms with Crippen LogP contribution in [0.1, 0.15) is 17.2 Å². The molecule has 0 aliphatic rings. The quantitative estimate of drug-likeness (QED) is 0.479. The number of hydrazine groups is 1. The van der Waals surface area contributed by atoms with Crippen LogP contribution in [0.25, 0.3) is 0 Å². The van der Waals surface area contributed by atoms with Crippen LogP contribution in [0.2, 0.25) is 10.0 Å². The molecule has 3 N–H and O–H groups in total. The number of rotatable bonds is 5. The van der Waals surface area contributed by atoms with Crippen molar-refractivity contribution < 1.29 is 0 Å². The van der Waals surface area contributed by atoms with Gasteiger partial charge in [0.2, 0.25) is 0 Å². The van der Waals surface area contributed by atoms with Crippen molar-refractivity contribution in [3.8, 4) is 0 Å². The van der Waals surface area contributed by atoms with Crippen LogP contribution >= 0.6 is 35.0 Å². The van der Waals surface area contributed by atoms with Crippen LogP contribution in [0.15, 0.2) is 47.4 Å². The number of nitrogens with two attached hydrogens (primary N) is 1. The Kier molecular flexibility index (Phi) is 5.75. The van der Waals surface area contributed by atoms with Gasteiger partial charge in [-0.3, -0.25) is 11.3 Å². The van der Waals surface area contributed by atoms with Crippen molar-refractivity contribution in [2.75, 3.05) is 5.75 Å². The predicted molar refractivity (Wildman–Crippen MR) is 88.4 cm³/mol. The molecule has 106 valence electrons. The molecular formula is C15H16Cl2N2S. The highest BCUT2D eigenvalue weighted by molar-refractivity contribution is 7.99. The standard InChI is InChI=1S/C15H16Cl2N2S/c1-10-5-7-11(8-6-10)20-9-14(19-18)12-3-2-4-13(16)15(12)17/h2-8,14,19H,9,18H2,1H3. The lowest BCUT2D eigenvalue weighted by Gasteiger charge is -2.18. The SMILES string of the molecule is Cc1ccc(SCC(NN)c2cccc(Cl)c2Cl)cc1. The van der Waals surface area contributed by atoms with Crippen molar-refractivity contribution in [3.63, 3.8) is 0 Å². The zero-order chi connectivity index (χ0) is 14.5. The molecule has 0 saturated carbocycles. The summed E-state index contributed by atoms with van der Waals surface area (Å²) in [6.07, 6.45) is 0. The van der Waals surface area contributed by atoms with E-state index in [0.29, 0.717) is 10.0 Å². The molecule has 0 heterocycles. The number of hydrogen-bond donors (Lipinski definition) is 2. The maximum Gasteiger partial charge on any atom is 0.0640 e. The number of hydrogen-bond acceptors (Lipinski definition) is 3. The molecule has 1 atom stereocenters. The molecule has 0 aromatic heterocycles. The maximum absolute atomic E-state index is 6.23. The van der Waals surface area contributed by atoms with Gasteiger partial charge in [0.25, 0.3) is 0 Å². The van der Waals surface area contributed by atoms with Gasteiger partial charge in [-0.25, -0.2) is 0 Å². The summed E-state index contributed by atoms with van der Waals surface area (Å²) >= 11 is 14.0. The second-order valence-electron chi connectivity index (χ2n) is 4.49.